The molecule has 0 saturated carbocycles. The van der Waals surface area contributed by atoms with E-state index in [-0.39, 0.29) is 11.3 Å². The van der Waals surface area contributed by atoms with Gasteiger partial charge in [-0.25, -0.2) is 0 Å². The molecule has 0 aliphatic carbocycles. The highest BCUT2D eigenvalue weighted by Crippen LogP contribution is 2.25. The van der Waals surface area contributed by atoms with Crippen LogP contribution in [0.25, 0.3) is 22.3 Å². The summed E-state index contributed by atoms with van der Waals surface area (Å²) in [5.41, 5.74) is 1.80. The zero-order valence-corrected chi connectivity index (χ0v) is 12.6. The van der Waals surface area contributed by atoms with Gasteiger partial charge in [-0.3, -0.25) is 4.79 Å². The van der Waals surface area contributed by atoms with Crippen molar-refractivity contribution in [1.82, 2.24) is 0 Å². The Morgan fingerprint density at radius 2 is 1.64 bits per heavy atom. The second-order valence-electron chi connectivity index (χ2n) is 5.42. The first-order valence-electron chi connectivity index (χ1n) is 7.29. The Balaban J connectivity index is 2.37. The molecule has 0 fully saturated rings. The first-order chi connectivity index (χ1) is 10.7. The first-order valence-corrected chi connectivity index (χ1v) is 7.29. The van der Waals surface area contributed by atoms with Gasteiger partial charge in [-0.2, -0.15) is 0 Å². The van der Waals surface area contributed by atoms with E-state index >= 15 is 0 Å². The third-order valence-corrected chi connectivity index (χ3v) is 3.32. The topological polar surface area (TPSA) is 30.2 Å². The SMILES string of the molecule is CC(C)C#Cc1c(-c2ccccc2)oc2ccccc2c1=O. The lowest BCUT2D eigenvalue weighted by atomic mass is 10.0. The maximum atomic E-state index is 12.8. The van der Waals surface area contributed by atoms with Crippen molar-refractivity contribution in [2.45, 2.75) is 13.8 Å². The zero-order chi connectivity index (χ0) is 15.5. The Morgan fingerprint density at radius 1 is 0.955 bits per heavy atom. The molecule has 0 N–H and O–H groups in total. The van der Waals surface area contributed by atoms with Crippen LogP contribution in [-0.4, -0.2) is 0 Å². The Kier molecular flexibility index (Phi) is 3.80. The van der Waals surface area contributed by atoms with E-state index in [2.05, 4.69) is 11.8 Å². The van der Waals surface area contributed by atoms with Crippen molar-refractivity contribution in [3.05, 3.63) is 70.4 Å². The van der Waals surface area contributed by atoms with Crippen LogP contribution in [0.4, 0.5) is 0 Å². The zero-order valence-electron chi connectivity index (χ0n) is 12.6. The molecule has 3 rings (SSSR count). The maximum absolute atomic E-state index is 12.8. The van der Waals surface area contributed by atoms with Crippen molar-refractivity contribution < 1.29 is 4.42 Å². The molecule has 22 heavy (non-hydrogen) atoms. The molecular formula is C20H16O2. The lowest BCUT2D eigenvalue weighted by molar-refractivity contribution is 0.617. The van der Waals surface area contributed by atoms with E-state index in [0.29, 0.717) is 22.3 Å². The smallest absolute Gasteiger partial charge is 0.208 e. The first kappa shape index (κ1) is 14.2. The largest absolute Gasteiger partial charge is 0.454 e. The minimum atomic E-state index is -0.0751. The molecule has 0 spiro atoms. The quantitative estimate of drug-likeness (QED) is 0.618. The Morgan fingerprint density at radius 3 is 2.36 bits per heavy atom. The molecule has 0 aliphatic heterocycles. The number of hydrogen-bond donors (Lipinski definition) is 0. The number of rotatable bonds is 1. The third kappa shape index (κ3) is 2.66. The summed E-state index contributed by atoms with van der Waals surface area (Å²) in [4.78, 5) is 12.8. The summed E-state index contributed by atoms with van der Waals surface area (Å²) in [7, 11) is 0. The molecule has 3 aromatic rings. The van der Waals surface area contributed by atoms with E-state index in [1.54, 1.807) is 6.07 Å². The second kappa shape index (κ2) is 5.91. The normalized spacial score (nSPS) is 10.5. The highest BCUT2D eigenvalue weighted by Gasteiger charge is 2.14. The number of fused-ring (bicyclic) bond motifs is 1. The summed E-state index contributed by atoms with van der Waals surface area (Å²) in [6, 6.07) is 16.9. The van der Waals surface area contributed by atoms with Crippen LogP contribution in [0.15, 0.2) is 63.8 Å². The molecule has 0 unspecified atom stereocenters. The Bertz CT molecular complexity index is 923. The molecule has 0 aliphatic rings. The molecule has 0 bridgehead atoms. The van der Waals surface area contributed by atoms with Gasteiger partial charge in [0.05, 0.1) is 5.39 Å². The molecule has 108 valence electrons. The summed E-state index contributed by atoms with van der Waals surface area (Å²) in [6.07, 6.45) is 0. The fraction of sp³-hybridized carbons (Fsp3) is 0.150. The monoisotopic (exact) mass is 288 g/mol. The molecule has 0 amide bonds. The summed E-state index contributed by atoms with van der Waals surface area (Å²) in [6.45, 7) is 4.00. The van der Waals surface area contributed by atoms with Crippen LogP contribution in [0.3, 0.4) is 0 Å². The van der Waals surface area contributed by atoms with E-state index in [1.807, 2.05) is 62.4 Å². The lowest BCUT2D eigenvalue weighted by Crippen LogP contribution is -2.08. The van der Waals surface area contributed by atoms with Crippen LogP contribution in [0, 0.1) is 17.8 Å². The second-order valence-corrected chi connectivity index (χ2v) is 5.42. The molecule has 0 atom stereocenters. The molecule has 0 saturated heterocycles. The van der Waals surface area contributed by atoms with Gasteiger partial charge in [-0.05, 0) is 12.1 Å². The summed E-state index contributed by atoms with van der Waals surface area (Å²) in [5, 5.41) is 0.565. The standard InChI is InChI=1S/C20H16O2/c1-14(2)12-13-17-19(21)16-10-6-7-11-18(16)22-20(17)15-8-4-3-5-9-15/h3-11,14H,1-2H3. The van der Waals surface area contributed by atoms with Crippen LogP contribution < -0.4 is 5.43 Å². The Hall–Kier alpha value is -2.79. The molecular weight excluding hydrogens is 272 g/mol. The van der Waals surface area contributed by atoms with Crippen molar-refractivity contribution in [3.8, 4) is 23.2 Å². The van der Waals surface area contributed by atoms with Crippen LogP contribution >= 0.6 is 0 Å². The minimum Gasteiger partial charge on any atom is -0.454 e. The molecule has 2 heteroatoms. The molecule has 1 heterocycles. The summed E-state index contributed by atoms with van der Waals surface area (Å²) in [5.74, 6) is 6.81. The number of hydrogen-bond acceptors (Lipinski definition) is 2. The van der Waals surface area contributed by atoms with E-state index in [0.717, 1.165) is 5.56 Å². The number of benzene rings is 2. The van der Waals surface area contributed by atoms with E-state index in [9.17, 15) is 4.79 Å². The van der Waals surface area contributed by atoms with Crippen molar-refractivity contribution >= 4 is 11.0 Å². The fourth-order valence-electron chi connectivity index (χ4n) is 2.26. The predicted molar refractivity (Wildman–Crippen MR) is 89.6 cm³/mol. The molecule has 1 aromatic heterocycles. The van der Waals surface area contributed by atoms with Crippen molar-refractivity contribution in [3.63, 3.8) is 0 Å². The average molecular weight is 288 g/mol. The van der Waals surface area contributed by atoms with Gasteiger partial charge in [0.15, 0.2) is 5.76 Å². The predicted octanol–water partition coefficient (Wildman–Crippen LogP) is 4.47. The molecule has 0 radical (unpaired) electrons. The average Bonchev–Trinajstić information content (AvgIpc) is 2.54. The van der Waals surface area contributed by atoms with Gasteiger partial charge in [0, 0.05) is 11.5 Å². The van der Waals surface area contributed by atoms with Crippen molar-refractivity contribution in [2.24, 2.45) is 5.92 Å². The molecule has 2 nitrogen and oxygen atoms in total. The maximum Gasteiger partial charge on any atom is 0.208 e. The highest BCUT2D eigenvalue weighted by molar-refractivity contribution is 5.82. The van der Waals surface area contributed by atoms with Gasteiger partial charge < -0.3 is 4.42 Å². The van der Waals surface area contributed by atoms with Crippen LogP contribution in [-0.2, 0) is 0 Å². The highest BCUT2D eigenvalue weighted by atomic mass is 16.3. The van der Waals surface area contributed by atoms with Crippen LogP contribution in [0.1, 0.15) is 19.4 Å². The van der Waals surface area contributed by atoms with Gasteiger partial charge >= 0.3 is 0 Å². The van der Waals surface area contributed by atoms with Crippen molar-refractivity contribution in [1.29, 1.82) is 0 Å². The van der Waals surface area contributed by atoms with Gasteiger partial charge in [0.2, 0.25) is 5.43 Å². The summed E-state index contributed by atoms with van der Waals surface area (Å²) < 4.78 is 5.99. The third-order valence-electron chi connectivity index (χ3n) is 3.32. The van der Waals surface area contributed by atoms with Gasteiger partial charge in [0.1, 0.15) is 11.1 Å². The van der Waals surface area contributed by atoms with E-state index in [4.69, 9.17) is 4.42 Å². The van der Waals surface area contributed by atoms with Gasteiger partial charge in [0.25, 0.3) is 0 Å². The molecule has 2 aromatic carbocycles. The van der Waals surface area contributed by atoms with Crippen LogP contribution in [0.5, 0.6) is 0 Å². The van der Waals surface area contributed by atoms with Gasteiger partial charge in [-0.15, -0.1) is 0 Å². The minimum absolute atomic E-state index is 0.0751. The summed E-state index contributed by atoms with van der Waals surface area (Å²) >= 11 is 0. The lowest BCUT2D eigenvalue weighted by Gasteiger charge is -2.06. The van der Waals surface area contributed by atoms with E-state index < -0.39 is 0 Å². The van der Waals surface area contributed by atoms with Crippen molar-refractivity contribution in [2.75, 3.05) is 0 Å². The van der Waals surface area contributed by atoms with Gasteiger partial charge in [-0.1, -0.05) is 68.2 Å². The fourth-order valence-corrected chi connectivity index (χ4v) is 2.26. The number of para-hydroxylation sites is 1. The van der Waals surface area contributed by atoms with E-state index in [1.165, 1.54) is 0 Å². The Labute approximate surface area is 129 Å². The van der Waals surface area contributed by atoms with Crippen LogP contribution in [0.2, 0.25) is 0 Å².